The Morgan fingerprint density at radius 2 is 2.21 bits per heavy atom. The van der Waals surface area contributed by atoms with Crippen molar-refractivity contribution < 1.29 is 9.26 Å². The van der Waals surface area contributed by atoms with Gasteiger partial charge < -0.3 is 15.0 Å². The van der Waals surface area contributed by atoms with Gasteiger partial charge in [0.25, 0.3) is 0 Å². The molecule has 19 heavy (non-hydrogen) atoms. The number of nitrogens with two attached hydrogens (primary N) is 1. The number of ether oxygens (including phenoxy) is 1. The van der Waals surface area contributed by atoms with Crippen molar-refractivity contribution in [1.29, 1.82) is 0 Å². The average molecular weight is 261 g/mol. The molecule has 5 nitrogen and oxygen atoms in total. The van der Waals surface area contributed by atoms with Crippen molar-refractivity contribution in [2.75, 3.05) is 6.61 Å². The highest BCUT2D eigenvalue weighted by Crippen LogP contribution is 2.21. The Labute approximate surface area is 112 Å². The van der Waals surface area contributed by atoms with Crippen LogP contribution in [0.3, 0.4) is 0 Å². The predicted molar refractivity (Wildman–Crippen MR) is 71.9 cm³/mol. The molecule has 0 bridgehead atoms. The minimum Gasteiger partial charge on any atom is -0.494 e. The standard InChI is InChI=1S/C14H19N3O2/c1-3-8-18-11-7-5-6-10(9-11)13(15)14-16-12(4-2)19-17-14/h5-7,9,13H,3-4,8,15H2,1-2H3. The van der Waals surface area contributed by atoms with E-state index in [9.17, 15) is 0 Å². The molecule has 0 amide bonds. The fraction of sp³-hybridized carbons (Fsp3) is 0.429. The molecule has 0 aliphatic rings. The quantitative estimate of drug-likeness (QED) is 0.864. The molecular formula is C14H19N3O2. The van der Waals surface area contributed by atoms with Gasteiger partial charge in [0, 0.05) is 6.42 Å². The third-order valence-electron chi connectivity index (χ3n) is 2.75. The summed E-state index contributed by atoms with van der Waals surface area (Å²) in [5.41, 5.74) is 7.06. The van der Waals surface area contributed by atoms with E-state index in [4.69, 9.17) is 15.0 Å². The number of aromatic nitrogens is 2. The first-order chi connectivity index (χ1) is 9.24. The van der Waals surface area contributed by atoms with Gasteiger partial charge in [-0.1, -0.05) is 31.1 Å². The van der Waals surface area contributed by atoms with Gasteiger partial charge in [0.2, 0.25) is 5.89 Å². The zero-order valence-corrected chi connectivity index (χ0v) is 11.3. The monoisotopic (exact) mass is 261 g/mol. The van der Waals surface area contributed by atoms with E-state index in [0.29, 0.717) is 24.7 Å². The first kappa shape index (κ1) is 13.5. The SMILES string of the molecule is CCCOc1cccc(C(N)c2noc(CC)n2)c1. The molecule has 2 N–H and O–H groups in total. The molecule has 0 saturated carbocycles. The van der Waals surface area contributed by atoms with Gasteiger partial charge in [0.15, 0.2) is 5.82 Å². The van der Waals surface area contributed by atoms with Crippen molar-refractivity contribution in [1.82, 2.24) is 10.1 Å². The smallest absolute Gasteiger partial charge is 0.226 e. The summed E-state index contributed by atoms with van der Waals surface area (Å²) in [6.07, 6.45) is 1.68. The second kappa shape index (κ2) is 6.33. The number of nitrogens with zero attached hydrogens (tertiary/aromatic N) is 2. The number of benzene rings is 1. The van der Waals surface area contributed by atoms with Crippen LogP contribution in [0.15, 0.2) is 28.8 Å². The lowest BCUT2D eigenvalue weighted by Crippen LogP contribution is -2.13. The van der Waals surface area contributed by atoms with Crippen LogP contribution in [0.2, 0.25) is 0 Å². The van der Waals surface area contributed by atoms with Gasteiger partial charge in [-0.3, -0.25) is 0 Å². The predicted octanol–water partition coefficient (Wildman–Crippen LogP) is 2.47. The summed E-state index contributed by atoms with van der Waals surface area (Å²) < 4.78 is 10.7. The number of aryl methyl sites for hydroxylation is 1. The molecule has 102 valence electrons. The maximum Gasteiger partial charge on any atom is 0.226 e. The van der Waals surface area contributed by atoms with Crippen LogP contribution in [0, 0.1) is 0 Å². The molecule has 2 aromatic rings. The maximum atomic E-state index is 6.14. The summed E-state index contributed by atoms with van der Waals surface area (Å²) in [4.78, 5) is 4.25. The summed E-state index contributed by atoms with van der Waals surface area (Å²) >= 11 is 0. The lowest BCUT2D eigenvalue weighted by Gasteiger charge is -2.10. The number of hydrogen-bond donors (Lipinski definition) is 1. The van der Waals surface area contributed by atoms with E-state index < -0.39 is 6.04 Å². The number of rotatable bonds is 6. The van der Waals surface area contributed by atoms with Crippen LogP contribution in [0.1, 0.15) is 43.6 Å². The third-order valence-corrected chi connectivity index (χ3v) is 2.75. The highest BCUT2D eigenvalue weighted by atomic mass is 16.5. The topological polar surface area (TPSA) is 74.2 Å². The fourth-order valence-electron chi connectivity index (χ4n) is 1.70. The largest absolute Gasteiger partial charge is 0.494 e. The van der Waals surface area contributed by atoms with Crippen LogP contribution in [-0.4, -0.2) is 16.7 Å². The van der Waals surface area contributed by atoms with Crippen LogP contribution >= 0.6 is 0 Å². The number of hydrogen-bond acceptors (Lipinski definition) is 5. The molecule has 1 heterocycles. The lowest BCUT2D eigenvalue weighted by molar-refractivity contribution is 0.317. The van der Waals surface area contributed by atoms with Gasteiger partial charge in [-0.05, 0) is 24.1 Å². The molecule has 0 saturated heterocycles. The van der Waals surface area contributed by atoms with E-state index in [1.54, 1.807) is 0 Å². The molecule has 1 atom stereocenters. The van der Waals surface area contributed by atoms with Gasteiger partial charge >= 0.3 is 0 Å². The van der Waals surface area contributed by atoms with Crippen LogP contribution < -0.4 is 10.5 Å². The Morgan fingerprint density at radius 1 is 1.37 bits per heavy atom. The second-order valence-corrected chi connectivity index (χ2v) is 4.30. The Bertz CT molecular complexity index is 525. The van der Waals surface area contributed by atoms with Crippen molar-refractivity contribution in [3.05, 3.63) is 41.5 Å². The first-order valence-corrected chi connectivity index (χ1v) is 6.55. The molecule has 1 aromatic heterocycles. The minimum atomic E-state index is -0.394. The van der Waals surface area contributed by atoms with Gasteiger partial charge in [-0.2, -0.15) is 4.98 Å². The van der Waals surface area contributed by atoms with E-state index in [2.05, 4.69) is 17.1 Å². The van der Waals surface area contributed by atoms with Crippen LogP contribution in [0.4, 0.5) is 0 Å². The fourth-order valence-corrected chi connectivity index (χ4v) is 1.70. The zero-order chi connectivity index (χ0) is 13.7. The van der Waals surface area contributed by atoms with Crippen LogP contribution in [-0.2, 0) is 6.42 Å². The molecule has 0 aliphatic carbocycles. The third kappa shape index (κ3) is 3.32. The van der Waals surface area contributed by atoms with Crippen molar-refractivity contribution >= 4 is 0 Å². The van der Waals surface area contributed by atoms with E-state index in [0.717, 1.165) is 17.7 Å². The van der Waals surface area contributed by atoms with Gasteiger partial charge in [0.1, 0.15) is 5.75 Å². The molecule has 1 unspecified atom stereocenters. The average Bonchev–Trinajstić information content (AvgIpc) is 2.93. The molecule has 1 aromatic carbocycles. The summed E-state index contributed by atoms with van der Waals surface area (Å²) in [5, 5.41) is 3.90. The second-order valence-electron chi connectivity index (χ2n) is 4.30. The summed E-state index contributed by atoms with van der Waals surface area (Å²) in [7, 11) is 0. The van der Waals surface area contributed by atoms with Gasteiger partial charge in [0.05, 0.1) is 12.6 Å². The maximum absolute atomic E-state index is 6.14. The van der Waals surface area contributed by atoms with Crippen molar-refractivity contribution in [2.45, 2.75) is 32.7 Å². The van der Waals surface area contributed by atoms with E-state index >= 15 is 0 Å². The van der Waals surface area contributed by atoms with E-state index in [1.165, 1.54) is 0 Å². The molecule has 0 radical (unpaired) electrons. The summed E-state index contributed by atoms with van der Waals surface area (Å²) in [5.74, 6) is 1.92. The minimum absolute atomic E-state index is 0.394. The molecule has 0 spiro atoms. The Morgan fingerprint density at radius 3 is 2.89 bits per heavy atom. The van der Waals surface area contributed by atoms with Gasteiger partial charge in [-0.25, -0.2) is 0 Å². The van der Waals surface area contributed by atoms with Crippen LogP contribution in [0.25, 0.3) is 0 Å². The Kier molecular flexibility index (Phi) is 4.52. The van der Waals surface area contributed by atoms with Crippen molar-refractivity contribution in [2.24, 2.45) is 5.73 Å². The molecule has 2 rings (SSSR count). The molecule has 0 aliphatic heterocycles. The van der Waals surface area contributed by atoms with E-state index in [-0.39, 0.29) is 0 Å². The molecular weight excluding hydrogens is 242 g/mol. The summed E-state index contributed by atoms with van der Waals surface area (Å²) in [6, 6.07) is 7.29. The molecule has 5 heteroatoms. The Balaban J connectivity index is 2.15. The van der Waals surface area contributed by atoms with E-state index in [1.807, 2.05) is 31.2 Å². The lowest BCUT2D eigenvalue weighted by atomic mass is 10.1. The highest BCUT2D eigenvalue weighted by Gasteiger charge is 2.16. The van der Waals surface area contributed by atoms with Crippen molar-refractivity contribution in [3.8, 4) is 5.75 Å². The molecule has 0 fully saturated rings. The summed E-state index contributed by atoms with van der Waals surface area (Å²) in [6.45, 7) is 4.73. The highest BCUT2D eigenvalue weighted by molar-refractivity contribution is 5.32. The van der Waals surface area contributed by atoms with Gasteiger partial charge in [-0.15, -0.1) is 0 Å². The van der Waals surface area contributed by atoms with Crippen LogP contribution in [0.5, 0.6) is 5.75 Å². The first-order valence-electron chi connectivity index (χ1n) is 6.55. The normalized spacial score (nSPS) is 12.4. The Hall–Kier alpha value is -1.88. The van der Waals surface area contributed by atoms with Crippen molar-refractivity contribution in [3.63, 3.8) is 0 Å². The zero-order valence-electron chi connectivity index (χ0n) is 11.3.